The number of hydrogen-bond acceptors (Lipinski definition) is 4. The molecule has 0 amide bonds. The van der Waals surface area contributed by atoms with Gasteiger partial charge in [-0.3, -0.25) is 0 Å². The first-order valence-corrected chi connectivity index (χ1v) is 6.71. The SMILES string of the molecule is CC1CCC(c2nc(CNC(C)C)no2)CC1. The largest absolute Gasteiger partial charge is 0.339 e. The van der Waals surface area contributed by atoms with Gasteiger partial charge in [0, 0.05) is 12.0 Å². The smallest absolute Gasteiger partial charge is 0.229 e. The summed E-state index contributed by atoms with van der Waals surface area (Å²) in [6.45, 7) is 7.25. The van der Waals surface area contributed by atoms with Gasteiger partial charge in [-0.25, -0.2) is 0 Å². The summed E-state index contributed by atoms with van der Waals surface area (Å²) in [4.78, 5) is 4.49. The minimum Gasteiger partial charge on any atom is -0.339 e. The number of nitrogens with zero attached hydrogens (tertiary/aromatic N) is 2. The molecule has 1 heterocycles. The molecule has 1 aromatic heterocycles. The number of aromatic nitrogens is 2. The topological polar surface area (TPSA) is 51.0 Å². The molecule has 0 saturated heterocycles. The van der Waals surface area contributed by atoms with Crippen molar-refractivity contribution in [2.24, 2.45) is 5.92 Å². The van der Waals surface area contributed by atoms with Crippen molar-refractivity contribution >= 4 is 0 Å². The molecule has 4 nitrogen and oxygen atoms in total. The maximum Gasteiger partial charge on any atom is 0.229 e. The molecule has 96 valence electrons. The fourth-order valence-electron chi connectivity index (χ4n) is 2.31. The Morgan fingerprint density at radius 3 is 2.65 bits per heavy atom. The lowest BCUT2D eigenvalue weighted by Crippen LogP contribution is -2.22. The van der Waals surface area contributed by atoms with E-state index in [9.17, 15) is 0 Å². The highest BCUT2D eigenvalue weighted by molar-refractivity contribution is 4.96. The molecule has 1 aliphatic carbocycles. The van der Waals surface area contributed by atoms with Gasteiger partial charge in [-0.15, -0.1) is 0 Å². The van der Waals surface area contributed by atoms with Gasteiger partial charge >= 0.3 is 0 Å². The highest BCUT2D eigenvalue weighted by Gasteiger charge is 2.24. The van der Waals surface area contributed by atoms with Gasteiger partial charge in [-0.1, -0.05) is 25.9 Å². The van der Waals surface area contributed by atoms with E-state index in [4.69, 9.17) is 4.52 Å². The van der Waals surface area contributed by atoms with Crippen molar-refractivity contribution in [3.63, 3.8) is 0 Å². The monoisotopic (exact) mass is 237 g/mol. The molecule has 0 atom stereocenters. The van der Waals surface area contributed by atoms with Crippen LogP contribution in [0.1, 0.15) is 64.1 Å². The molecule has 0 unspecified atom stereocenters. The molecule has 1 N–H and O–H groups in total. The summed E-state index contributed by atoms with van der Waals surface area (Å²) >= 11 is 0. The van der Waals surface area contributed by atoms with E-state index in [0.717, 1.165) is 17.6 Å². The molecule has 1 aromatic rings. The Morgan fingerprint density at radius 2 is 2.00 bits per heavy atom. The van der Waals surface area contributed by atoms with Crippen molar-refractivity contribution in [1.29, 1.82) is 0 Å². The Kier molecular flexibility index (Phi) is 4.15. The predicted molar refractivity (Wildman–Crippen MR) is 66.6 cm³/mol. The van der Waals surface area contributed by atoms with Crippen molar-refractivity contribution in [2.75, 3.05) is 0 Å². The van der Waals surface area contributed by atoms with E-state index in [-0.39, 0.29) is 0 Å². The van der Waals surface area contributed by atoms with Crippen molar-refractivity contribution in [1.82, 2.24) is 15.5 Å². The highest BCUT2D eigenvalue weighted by atomic mass is 16.5. The lowest BCUT2D eigenvalue weighted by Gasteiger charge is -2.23. The Morgan fingerprint density at radius 1 is 1.29 bits per heavy atom. The van der Waals surface area contributed by atoms with Crippen LogP contribution >= 0.6 is 0 Å². The summed E-state index contributed by atoms with van der Waals surface area (Å²) < 4.78 is 5.37. The zero-order valence-corrected chi connectivity index (χ0v) is 11.1. The second kappa shape index (κ2) is 5.63. The van der Waals surface area contributed by atoms with E-state index in [2.05, 4.69) is 36.2 Å². The fourth-order valence-corrected chi connectivity index (χ4v) is 2.31. The van der Waals surface area contributed by atoms with Gasteiger partial charge in [-0.2, -0.15) is 4.98 Å². The maximum absolute atomic E-state index is 5.37. The zero-order valence-electron chi connectivity index (χ0n) is 11.1. The Bertz CT molecular complexity index is 340. The Labute approximate surface area is 103 Å². The first kappa shape index (κ1) is 12.6. The summed E-state index contributed by atoms with van der Waals surface area (Å²) in [5.41, 5.74) is 0. The van der Waals surface area contributed by atoms with Crippen LogP contribution < -0.4 is 5.32 Å². The number of nitrogens with one attached hydrogen (secondary N) is 1. The number of rotatable bonds is 4. The summed E-state index contributed by atoms with van der Waals surface area (Å²) in [6.07, 6.45) is 4.96. The van der Waals surface area contributed by atoms with Crippen LogP contribution in [-0.4, -0.2) is 16.2 Å². The van der Waals surface area contributed by atoms with Crippen LogP contribution in [0.15, 0.2) is 4.52 Å². The minimum absolute atomic E-state index is 0.451. The molecule has 0 radical (unpaired) electrons. The molecule has 1 fully saturated rings. The summed E-state index contributed by atoms with van der Waals surface area (Å²) in [6, 6.07) is 0.451. The van der Waals surface area contributed by atoms with E-state index in [1.54, 1.807) is 0 Å². The molecule has 1 saturated carbocycles. The van der Waals surface area contributed by atoms with Crippen molar-refractivity contribution in [3.8, 4) is 0 Å². The Hall–Kier alpha value is -0.900. The molecule has 2 rings (SSSR count). The molecular formula is C13H23N3O. The van der Waals surface area contributed by atoms with Gasteiger partial charge in [0.2, 0.25) is 5.89 Å². The summed E-state index contributed by atoms with van der Waals surface area (Å²) in [7, 11) is 0. The van der Waals surface area contributed by atoms with Crippen LogP contribution in [0.4, 0.5) is 0 Å². The van der Waals surface area contributed by atoms with E-state index in [1.165, 1.54) is 25.7 Å². The predicted octanol–water partition coefficient (Wildman–Crippen LogP) is 2.86. The third-order valence-corrected chi connectivity index (χ3v) is 3.52. The minimum atomic E-state index is 0.451. The average Bonchev–Trinajstić information content (AvgIpc) is 2.76. The van der Waals surface area contributed by atoms with Gasteiger partial charge in [0.15, 0.2) is 5.82 Å². The first-order chi connectivity index (χ1) is 8.15. The lowest BCUT2D eigenvalue weighted by atomic mass is 9.83. The van der Waals surface area contributed by atoms with Gasteiger partial charge in [0.05, 0.1) is 6.54 Å². The van der Waals surface area contributed by atoms with Crippen LogP contribution in [0, 0.1) is 5.92 Å². The van der Waals surface area contributed by atoms with E-state index < -0.39 is 0 Å². The maximum atomic E-state index is 5.37. The molecular weight excluding hydrogens is 214 g/mol. The standard InChI is InChI=1S/C13H23N3O/c1-9(2)14-8-12-15-13(17-16-12)11-6-4-10(3)5-7-11/h9-11,14H,4-8H2,1-3H3. The van der Waals surface area contributed by atoms with Crippen LogP contribution in [-0.2, 0) is 6.54 Å². The van der Waals surface area contributed by atoms with E-state index >= 15 is 0 Å². The molecule has 1 aliphatic rings. The molecule has 17 heavy (non-hydrogen) atoms. The molecule has 0 bridgehead atoms. The fraction of sp³-hybridized carbons (Fsp3) is 0.846. The first-order valence-electron chi connectivity index (χ1n) is 6.71. The quantitative estimate of drug-likeness (QED) is 0.874. The van der Waals surface area contributed by atoms with Crippen LogP contribution in [0.2, 0.25) is 0 Å². The van der Waals surface area contributed by atoms with Gasteiger partial charge in [-0.05, 0) is 31.6 Å². The molecule has 0 aliphatic heterocycles. The third kappa shape index (κ3) is 3.53. The van der Waals surface area contributed by atoms with Crippen LogP contribution in [0.3, 0.4) is 0 Å². The van der Waals surface area contributed by atoms with Gasteiger partial charge in [0.25, 0.3) is 0 Å². The van der Waals surface area contributed by atoms with Crippen LogP contribution in [0.5, 0.6) is 0 Å². The van der Waals surface area contributed by atoms with Crippen molar-refractivity contribution < 1.29 is 4.52 Å². The molecule has 0 aromatic carbocycles. The molecule has 0 spiro atoms. The van der Waals surface area contributed by atoms with Crippen molar-refractivity contribution in [2.45, 2.75) is 65.0 Å². The molecule has 4 heteroatoms. The summed E-state index contributed by atoms with van der Waals surface area (Å²) in [5, 5.41) is 7.33. The van der Waals surface area contributed by atoms with Gasteiger partial charge < -0.3 is 9.84 Å². The second-order valence-electron chi connectivity index (χ2n) is 5.54. The van der Waals surface area contributed by atoms with Crippen molar-refractivity contribution in [3.05, 3.63) is 11.7 Å². The third-order valence-electron chi connectivity index (χ3n) is 3.52. The van der Waals surface area contributed by atoms with E-state index in [0.29, 0.717) is 18.5 Å². The lowest BCUT2D eigenvalue weighted by molar-refractivity contribution is 0.280. The Balaban J connectivity index is 1.89. The van der Waals surface area contributed by atoms with Crippen LogP contribution in [0.25, 0.3) is 0 Å². The van der Waals surface area contributed by atoms with Gasteiger partial charge in [0.1, 0.15) is 0 Å². The average molecular weight is 237 g/mol. The number of hydrogen-bond donors (Lipinski definition) is 1. The second-order valence-corrected chi connectivity index (χ2v) is 5.54. The van der Waals surface area contributed by atoms with E-state index in [1.807, 2.05) is 0 Å². The zero-order chi connectivity index (χ0) is 12.3. The highest BCUT2D eigenvalue weighted by Crippen LogP contribution is 2.34. The summed E-state index contributed by atoms with van der Waals surface area (Å²) in [5.74, 6) is 2.98. The normalized spacial score (nSPS) is 25.4.